The fraction of sp³-hybridized carbons (Fsp3) is 0.733. The molecule has 110 valence electrons. The van der Waals surface area contributed by atoms with Gasteiger partial charge in [0.15, 0.2) is 0 Å². The van der Waals surface area contributed by atoms with Gasteiger partial charge in [0.25, 0.3) is 5.91 Å². The Labute approximate surface area is 119 Å². The lowest BCUT2D eigenvalue weighted by Gasteiger charge is -2.32. The average Bonchev–Trinajstić information content (AvgIpc) is 3.06. The van der Waals surface area contributed by atoms with E-state index in [0.717, 1.165) is 38.1 Å². The first kappa shape index (κ1) is 13.6. The van der Waals surface area contributed by atoms with E-state index >= 15 is 0 Å². The zero-order valence-corrected chi connectivity index (χ0v) is 12.1. The van der Waals surface area contributed by atoms with Crippen LogP contribution in [0.15, 0.2) is 12.4 Å². The van der Waals surface area contributed by atoms with Gasteiger partial charge in [-0.3, -0.25) is 4.79 Å². The number of likely N-dealkylation sites (N-methyl/N-ethyl adjacent to an activating group) is 1. The first-order chi connectivity index (χ1) is 9.58. The molecule has 5 nitrogen and oxygen atoms in total. The second kappa shape index (κ2) is 5.20. The number of hydrogen-bond donors (Lipinski definition) is 1. The molecule has 1 amide bonds. The zero-order chi connectivity index (χ0) is 14.2. The number of imidazole rings is 1. The molecule has 1 aromatic rings. The van der Waals surface area contributed by atoms with Crippen molar-refractivity contribution in [3.63, 3.8) is 0 Å². The molecule has 3 rings (SSSR count). The van der Waals surface area contributed by atoms with Gasteiger partial charge < -0.3 is 14.6 Å². The van der Waals surface area contributed by atoms with Gasteiger partial charge in [0.2, 0.25) is 0 Å². The summed E-state index contributed by atoms with van der Waals surface area (Å²) >= 11 is 0. The maximum atomic E-state index is 12.4. The standard InChI is InChI=1S/C15H23N3O2/c1-17(14(19)15(20)5-2-3-6-15)11-12-4-8-18-9-7-16-13(18)10-12/h7,9,12,20H,2-6,8,10-11H2,1H3/t12-/m1/s1. The first-order valence-electron chi connectivity index (χ1n) is 7.56. The molecular formula is C15H23N3O2. The third-order valence-electron chi connectivity index (χ3n) is 4.76. The van der Waals surface area contributed by atoms with Gasteiger partial charge in [0, 0.05) is 39.0 Å². The third-order valence-corrected chi connectivity index (χ3v) is 4.76. The predicted octanol–water partition coefficient (Wildman–Crippen LogP) is 1.21. The normalized spacial score (nSPS) is 24.4. The van der Waals surface area contributed by atoms with E-state index in [1.807, 2.05) is 19.4 Å². The van der Waals surface area contributed by atoms with Crippen molar-refractivity contribution >= 4 is 5.91 Å². The van der Waals surface area contributed by atoms with Gasteiger partial charge >= 0.3 is 0 Å². The SMILES string of the molecule is CN(C[C@@H]1CCn2ccnc2C1)C(=O)C1(O)CCCC1. The van der Waals surface area contributed by atoms with Crippen LogP contribution in [0.1, 0.15) is 37.9 Å². The van der Waals surface area contributed by atoms with Crippen LogP contribution < -0.4 is 0 Å². The number of carbonyl (C=O) groups excluding carboxylic acids is 1. The summed E-state index contributed by atoms with van der Waals surface area (Å²) in [6.45, 7) is 1.69. The Balaban J connectivity index is 1.59. The molecule has 0 unspecified atom stereocenters. The van der Waals surface area contributed by atoms with Crippen LogP contribution in [0.2, 0.25) is 0 Å². The number of nitrogens with zero attached hydrogens (tertiary/aromatic N) is 3. The number of aryl methyl sites for hydroxylation is 1. The third kappa shape index (κ3) is 2.46. The summed E-state index contributed by atoms with van der Waals surface area (Å²) in [4.78, 5) is 18.5. The fourth-order valence-corrected chi connectivity index (χ4v) is 3.57. The molecule has 0 spiro atoms. The summed E-state index contributed by atoms with van der Waals surface area (Å²) in [5, 5.41) is 10.4. The fourth-order valence-electron chi connectivity index (χ4n) is 3.57. The lowest BCUT2D eigenvalue weighted by Crippen LogP contribution is -2.47. The lowest BCUT2D eigenvalue weighted by atomic mass is 9.95. The number of carbonyl (C=O) groups is 1. The van der Waals surface area contributed by atoms with Crippen LogP contribution in [-0.2, 0) is 17.8 Å². The summed E-state index contributed by atoms with van der Waals surface area (Å²) in [6.07, 6.45) is 8.99. The Kier molecular flexibility index (Phi) is 3.54. The highest BCUT2D eigenvalue weighted by Crippen LogP contribution is 2.31. The molecule has 2 aliphatic rings. The molecular weight excluding hydrogens is 254 g/mol. The Morgan fingerprint density at radius 3 is 3.05 bits per heavy atom. The highest BCUT2D eigenvalue weighted by Gasteiger charge is 2.41. The molecule has 2 heterocycles. The molecule has 0 aromatic carbocycles. The predicted molar refractivity (Wildman–Crippen MR) is 75.1 cm³/mol. The smallest absolute Gasteiger partial charge is 0.254 e. The van der Waals surface area contributed by atoms with Gasteiger partial charge in [-0.05, 0) is 38.0 Å². The van der Waals surface area contributed by atoms with E-state index in [9.17, 15) is 9.90 Å². The van der Waals surface area contributed by atoms with Crippen molar-refractivity contribution in [2.24, 2.45) is 5.92 Å². The van der Waals surface area contributed by atoms with E-state index in [1.165, 1.54) is 0 Å². The Morgan fingerprint density at radius 2 is 2.30 bits per heavy atom. The van der Waals surface area contributed by atoms with Gasteiger partial charge in [0.1, 0.15) is 11.4 Å². The Hall–Kier alpha value is -1.36. The lowest BCUT2D eigenvalue weighted by molar-refractivity contribution is -0.149. The topological polar surface area (TPSA) is 58.4 Å². The van der Waals surface area contributed by atoms with Crippen molar-refractivity contribution in [3.8, 4) is 0 Å². The number of fused-ring (bicyclic) bond motifs is 1. The van der Waals surface area contributed by atoms with Gasteiger partial charge in [-0.15, -0.1) is 0 Å². The Morgan fingerprint density at radius 1 is 1.55 bits per heavy atom. The van der Waals surface area contributed by atoms with Crippen LogP contribution in [0.25, 0.3) is 0 Å². The molecule has 1 fully saturated rings. The summed E-state index contributed by atoms with van der Waals surface area (Å²) < 4.78 is 2.18. The van der Waals surface area contributed by atoms with E-state index in [1.54, 1.807) is 4.90 Å². The van der Waals surface area contributed by atoms with Crippen LogP contribution in [0, 0.1) is 5.92 Å². The summed E-state index contributed by atoms with van der Waals surface area (Å²) in [5.41, 5.74) is -1.10. The van der Waals surface area contributed by atoms with Crippen LogP contribution in [0.4, 0.5) is 0 Å². The van der Waals surface area contributed by atoms with E-state index in [4.69, 9.17) is 0 Å². The van der Waals surface area contributed by atoms with E-state index in [-0.39, 0.29) is 5.91 Å². The molecule has 0 bridgehead atoms. The average molecular weight is 277 g/mol. The second-order valence-electron chi connectivity index (χ2n) is 6.32. The summed E-state index contributed by atoms with van der Waals surface area (Å²) in [5.74, 6) is 1.47. The van der Waals surface area contributed by atoms with Crippen molar-refractivity contribution in [2.75, 3.05) is 13.6 Å². The highest BCUT2D eigenvalue weighted by molar-refractivity contribution is 5.85. The zero-order valence-electron chi connectivity index (χ0n) is 12.1. The van der Waals surface area contributed by atoms with E-state index in [2.05, 4.69) is 9.55 Å². The van der Waals surface area contributed by atoms with Crippen molar-refractivity contribution in [2.45, 2.75) is 50.7 Å². The largest absolute Gasteiger partial charge is 0.380 e. The van der Waals surface area contributed by atoms with Crippen molar-refractivity contribution in [3.05, 3.63) is 18.2 Å². The molecule has 5 heteroatoms. The van der Waals surface area contributed by atoms with Gasteiger partial charge in [-0.25, -0.2) is 4.98 Å². The summed E-state index contributed by atoms with van der Waals surface area (Å²) in [6, 6.07) is 0. The number of rotatable bonds is 3. The van der Waals surface area contributed by atoms with Gasteiger partial charge in [0.05, 0.1) is 0 Å². The monoisotopic (exact) mass is 277 g/mol. The first-order valence-corrected chi connectivity index (χ1v) is 7.56. The molecule has 1 N–H and O–H groups in total. The molecule has 1 aromatic heterocycles. The minimum Gasteiger partial charge on any atom is -0.380 e. The maximum absolute atomic E-state index is 12.4. The minimum absolute atomic E-state index is 0.0936. The maximum Gasteiger partial charge on any atom is 0.254 e. The summed E-state index contributed by atoms with van der Waals surface area (Å²) in [7, 11) is 1.82. The number of hydrogen-bond acceptors (Lipinski definition) is 3. The number of aromatic nitrogens is 2. The van der Waals surface area contributed by atoms with E-state index < -0.39 is 5.60 Å². The number of aliphatic hydroxyl groups is 1. The van der Waals surface area contributed by atoms with Crippen molar-refractivity contribution in [1.82, 2.24) is 14.5 Å². The molecule has 1 aliphatic carbocycles. The molecule has 0 saturated heterocycles. The Bertz CT molecular complexity index is 491. The van der Waals surface area contributed by atoms with Gasteiger partial charge in [-0.2, -0.15) is 0 Å². The minimum atomic E-state index is -1.10. The van der Waals surface area contributed by atoms with Crippen LogP contribution in [-0.4, -0.2) is 44.7 Å². The number of amides is 1. The molecule has 1 atom stereocenters. The van der Waals surface area contributed by atoms with Crippen molar-refractivity contribution in [1.29, 1.82) is 0 Å². The van der Waals surface area contributed by atoms with Crippen LogP contribution in [0.5, 0.6) is 0 Å². The van der Waals surface area contributed by atoms with Gasteiger partial charge in [-0.1, -0.05) is 0 Å². The molecule has 20 heavy (non-hydrogen) atoms. The molecule has 1 aliphatic heterocycles. The van der Waals surface area contributed by atoms with Crippen LogP contribution >= 0.6 is 0 Å². The second-order valence-corrected chi connectivity index (χ2v) is 6.32. The molecule has 1 saturated carbocycles. The quantitative estimate of drug-likeness (QED) is 0.903. The van der Waals surface area contributed by atoms with Crippen LogP contribution in [0.3, 0.4) is 0 Å². The van der Waals surface area contributed by atoms with Crippen molar-refractivity contribution < 1.29 is 9.90 Å². The van der Waals surface area contributed by atoms with E-state index in [0.29, 0.717) is 25.3 Å². The highest BCUT2D eigenvalue weighted by atomic mass is 16.3. The molecule has 0 radical (unpaired) electrons.